The molecule has 1 aromatic rings. The number of nitro benzene ring substituents is 1. The number of nitrogens with zero attached hydrogens (tertiary/aromatic N) is 2. The number of methoxy groups -OCH3 is 1. The first-order chi connectivity index (χ1) is 10.4. The summed E-state index contributed by atoms with van der Waals surface area (Å²) in [5.41, 5.74) is 0.227. The summed E-state index contributed by atoms with van der Waals surface area (Å²) in [6, 6.07) is 4.91. The minimum absolute atomic E-state index is 0.0175. The van der Waals surface area contributed by atoms with Crippen LogP contribution < -0.4 is 10.2 Å². The zero-order valence-electron chi connectivity index (χ0n) is 12.5. The van der Waals surface area contributed by atoms with Crippen LogP contribution in [0.15, 0.2) is 23.1 Å². The predicted molar refractivity (Wildman–Crippen MR) is 90.7 cm³/mol. The Balaban J connectivity index is 3.04. The van der Waals surface area contributed by atoms with Crippen molar-refractivity contribution >= 4 is 46.6 Å². The van der Waals surface area contributed by atoms with Crippen molar-refractivity contribution in [3.05, 3.63) is 28.3 Å². The molecular formula is C13H17N3O4S2. The molecule has 9 heteroatoms. The summed E-state index contributed by atoms with van der Waals surface area (Å²) in [4.78, 5) is 24.1. The van der Waals surface area contributed by atoms with Gasteiger partial charge in [-0.2, -0.15) is 0 Å². The molecule has 1 amide bonds. The SMILES string of the molecule is CCCSc1ccc(N(C)C(=S)NC(=O)OC)c([N+](=O)[O-])c1. The van der Waals surface area contributed by atoms with Crippen LogP contribution in [0.2, 0.25) is 0 Å². The average Bonchev–Trinajstić information content (AvgIpc) is 2.51. The van der Waals surface area contributed by atoms with Crippen molar-refractivity contribution in [1.29, 1.82) is 0 Å². The van der Waals surface area contributed by atoms with Crippen LogP contribution in [0.1, 0.15) is 13.3 Å². The zero-order chi connectivity index (χ0) is 16.7. The summed E-state index contributed by atoms with van der Waals surface area (Å²) < 4.78 is 4.45. The van der Waals surface area contributed by atoms with Crippen LogP contribution in [0.25, 0.3) is 0 Å². The molecule has 0 aromatic heterocycles. The number of ether oxygens (including phenoxy) is 1. The van der Waals surface area contributed by atoms with Crippen molar-refractivity contribution in [2.24, 2.45) is 0 Å². The second-order valence-corrected chi connectivity index (χ2v) is 5.79. The Morgan fingerprint density at radius 2 is 2.23 bits per heavy atom. The van der Waals surface area contributed by atoms with Crippen LogP contribution in [0.5, 0.6) is 0 Å². The van der Waals surface area contributed by atoms with E-state index in [1.807, 2.05) is 6.92 Å². The van der Waals surface area contributed by atoms with Gasteiger partial charge in [0.2, 0.25) is 0 Å². The minimum atomic E-state index is -0.727. The maximum atomic E-state index is 11.3. The van der Waals surface area contributed by atoms with E-state index in [2.05, 4.69) is 10.1 Å². The molecule has 1 aromatic carbocycles. The Morgan fingerprint density at radius 1 is 1.55 bits per heavy atom. The molecule has 0 aliphatic carbocycles. The smallest absolute Gasteiger partial charge is 0.413 e. The van der Waals surface area contributed by atoms with Crippen molar-refractivity contribution in [2.45, 2.75) is 18.2 Å². The van der Waals surface area contributed by atoms with Crippen LogP contribution in [0.3, 0.4) is 0 Å². The number of thiocarbonyl (C=S) groups is 1. The van der Waals surface area contributed by atoms with Crippen LogP contribution in [0.4, 0.5) is 16.2 Å². The molecule has 7 nitrogen and oxygen atoms in total. The fraction of sp³-hybridized carbons (Fsp3) is 0.385. The fourth-order valence-corrected chi connectivity index (χ4v) is 2.56. The van der Waals surface area contributed by atoms with Crippen LogP contribution in [-0.2, 0) is 4.74 Å². The van der Waals surface area contributed by atoms with E-state index >= 15 is 0 Å². The first-order valence-corrected chi connectivity index (χ1v) is 7.84. The summed E-state index contributed by atoms with van der Waals surface area (Å²) in [7, 11) is 2.75. The van der Waals surface area contributed by atoms with Gasteiger partial charge < -0.3 is 9.64 Å². The van der Waals surface area contributed by atoms with E-state index in [1.54, 1.807) is 30.9 Å². The molecular weight excluding hydrogens is 326 g/mol. The quantitative estimate of drug-likeness (QED) is 0.380. The topological polar surface area (TPSA) is 84.7 Å². The summed E-state index contributed by atoms with van der Waals surface area (Å²) in [5, 5.41) is 13.6. The number of nitrogens with one attached hydrogen (secondary N) is 1. The van der Waals surface area contributed by atoms with Gasteiger partial charge in [0.05, 0.1) is 12.0 Å². The Bertz CT molecular complexity index is 580. The van der Waals surface area contributed by atoms with Gasteiger partial charge in [-0.25, -0.2) is 4.79 Å². The number of thioether (sulfide) groups is 1. The van der Waals surface area contributed by atoms with E-state index in [0.29, 0.717) is 5.69 Å². The highest BCUT2D eigenvalue weighted by Crippen LogP contribution is 2.32. The monoisotopic (exact) mass is 343 g/mol. The Morgan fingerprint density at radius 3 is 2.77 bits per heavy atom. The first kappa shape index (κ1) is 18.2. The maximum absolute atomic E-state index is 11.3. The number of rotatable bonds is 5. The van der Waals surface area contributed by atoms with Gasteiger partial charge >= 0.3 is 6.09 Å². The first-order valence-electron chi connectivity index (χ1n) is 6.44. The van der Waals surface area contributed by atoms with Gasteiger partial charge in [-0.3, -0.25) is 15.4 Å². The van der Waals surface area contributed by atoms with E-state index in [4.69, 9.17) is 12.2 Å². The Labute approximate surface area is 138 Å². The van der Waals surface area contributed by atoms with E-state index in [-0.39, 0.29) is 10.8 Å². The molecule has 1 N–H and O–H groups in total. The number of carbonyl (C=O) groups excluding carboxylic acids is 1. The molecule has 1 rings (SSSR count). The number of carbonyl (C=O) groups is 1. The van der Waals surface area contributed by atoms with Gasteiger partial charge in [0, 0.05) is 18.0 Å². The predicted octanol–water partition coefficient (Wildman–Crippen LogP) is 3.17. The molecule has 0 bridgehead atoms. The number of amides is 1. The second kappa shape index (κ2) is 8.54. The molecule has 22 heavy (non-hydrogen) atoms. The molecule has 0 fully saturated rings. The number of alkyl carbamates (subject to hydrolysis) is 1. The summed E-state index contributed by atoms with van der Waals surface area (Å²) in [6.07, 6.45) is 0.252. The standard InChI is InChI=1S/C13H17N3O4S2/c1-4-7-22-9-5-6-10(11(8-9)16(18)19)15(2)12(21)14-13(17)20-3/h5-6,8H,4,7H2,1-3H3,(H,14,17,21). The van der Waals surface area contributed by atoms with Gasteiger partial charge in [-0.1, -0.05) is 6.92 Å². The third kappa shape index (κ3) is 4.85. The minimum Gasteiger partial charge on any atom is -0.453 e. The number of hydrogen-bond acceptors (Lipinski definition) is 6. The van der Waals surface area contributed by atoms with Crippen LogP contribution in [0, 0.1) is 10.1 Å². The molecule has 0 heterocycles. The van der Waals surface area contributed by atoms with Crippen molar-refractivity contribution < 1.29 is 14.5 Å². The largest absolute Gasteiger partial charge is 0.453 e. The summed E-state index contributed by atoms with van der Waals surface area (Å²) in [5.74, 6) is 0.884. The van der Waals surface area contributed by atoms with Crippen molar-refractivity contribution in [3.63, 3.8) is 0 Å². The van der Waals surface area contributed by atoms with Crippen LogP contribution >= 0.6 is 24.0 Å². The third-order valence-corrected chi connectivity index (χ3v) is 4.25. The summed E-state index contributed by atoms with van der Waals surface area (Å²) in [6.45, 7) is 2.04. The van der Waals surface area contributed by atoms with Crippen molar-refractivity contribution in [3.8, 4) is 0 Å². The number of benzene rings is 1. The summed E-state index contributed by atoms with van der Waals surface area (Å²) >= 11 is 6.59. The highest BCUT2D eigenvalue weighted by molar-refractivity contribution is 7.99. The molecule has 0 atom stereocenters. The highest BCUT2D eigenvalue weighted by Gasteiger charge is 2.21. The Hall–Kier alpha value is -1.87. The molecule has 120 valence electrons. The third-order valence-electron chi connectivity index (χ3n) is 2.68. The fourth-order valence-electron chi connectivity index (χ4n) is 1.57. The van der Waals surface area contributed by atoms with Crippen molar-refractivity contribution in [2.75, 3.05) is 24.8 Å². The zero-order valence-corrected chi connectivity index (χ0v) is 14.1. The molecule has 0 saturated heterocycles. The number of anilines is 1. The van der Waals surface area contributed by atoms with E-state index < -0.39 is 11.0 Å². The normalized spacial score (nSPS) is 9.95. The van der Waals surface area contributed by atoms with Crippen LogP contribution in [-0.4, -0.2) is 36.0 Å². The molecule has 0 unspecified atom stereocenters. The van der Waals surface area contributed by atoms with Gasteiger partial charge in [0.15, 0.2) is 5.11 Å². The van der Waals surface area contributed by atoms with Gasteiger partial charge in [-0.15, -0.1) is 11.8 Å². The maximum Gasteiger partial charge on any atom is 0.413 e. The second-order valence-electron chi connectivity index (χ2n) is 4.24. The van der Waals surface area contributed by atoms with Gasteiger partial charge in [0.1, 0.15) is 5.69 Å². The molecule has 0 saturated carbocycles. The average molecular weight is 343 g/mol. The molecule has 0 aliphatic rings. The highest BCUT2D eigenvalue weighted by atomic mass is 32.2. The lowest BCUT2D eigenvalue weighted by Crippen LogP contribution is -2.40. The Kier molecular flexibility index (Phi) is 7.06. The van der Waals surface area contributed by atoms with Crippen molar-refractivity contribution in [1.82, 2.24) is 5.32 Å². The molecule has 0 aliphatic heterocycles. The lowest BCUT2D eigenvalue weighted by molar-refractivity contribution is -0.384. The van der Waals surface area contributed by atoms with E-state index in [9.17, 15) is 14.9 Å². The lowest BCUT2D eigenvalue weighted by Gasteiger charge is -2.20. The lowest BCUT2D eigenvalue weighted by atomic mass is 10.2. The van der Waals surface area contributed by atoms with Gasteiger partial charge in [0.25, 0.3) is 5.69 Å². The van der Waals surface area contributed by atoms with Gasteiger partial charge in [-0.05, 0) is 36.5 Å². The number of hydrogen-bond donors (Lipinski definition) is 1. The van der Waals surface area contributed by atoms with E-state index in [1.165, 1.54) is 18.1 Å². The number of nitro groups is 1. The molecule has 0 spiro atoms. The molecule has 0 radical (unpaired) electrons. The van der Waals surface area contributed by atoms with E-state index in [0.717, 1.165) is 17.1 Å².